The van der Waals surface area contributed by atoms with Crippen LogP contribution in [0.3, 0.4) is 0 Å². The summed E-state index contributed by atoms with van der Waals surface area (Å²) in [5, 5.41) is 2.18. The Morgan fingerprint density at radius 2 is 2.25 bits per heavy atom. The van der Waals surface area contributed by atoms with Gasteiger partial charge in [-0.3, -0.25) is 9.88 Å². The minimum absolute atomic E-state index is 0.288. The molecule has 3 heterocycles. The highest BCUT2D eigenvalue weighted by Crippen LogP contribution is 2.37. The van der Waals surface area contributed by atoms with Crippen molar-refractivity contribution in [3.8, 4) is 0 Å². The standard InChI is InChI=1S/C20H28N2OS/c1-17(2)23-16-20(8-7-19-6-4-12-24-19)9-11-22(15-20)14-18-5-3-10-21-13-18/h3-6,10,12-13,17H,7-9,11,14-16H2,1-2H3/t20-/m0/s1. The summed E-state index contributed by atoms with van der Waals surface area (Å²) in [6.07, 6.45) is 7.73. The minimum Gasteiger partial charge on any atom is -0.378 e. The Morgan fingerprint density at radius 1 is 1.33 bits per heavy atom. The number of thiophene rings is 1. The Labute approximate surface area is 149 Å². The van der Waals surface area contributed by atoms with Crippen molar-refractivity contribution in [1.82, 2.24) is 9.88 Å². The molecule has 1 fully saturated rings. The molecule has 0 spiro atoms. The maximum atomic E-state index is 6.06. The van der Waals surface area contributed by atoms with E-state index in [0.29, 0.717) is 6.10 Å². The number of ether oxygens (including phenoxy) is 1. The third kappa shape index (κ3) is 4.88. The zero-order valence-electron chi connectivity index (χ0n) is 14.8. The van der Waals surface area contributed by atoms with Crippen molar-refractivity contribution >= 4 is 11.3 Å². The molecule has 1 aliphatic rings. The maximum Gasteiger partial charge on any atom is 0.0538 e. The molecule has 0 saturated carbocycles. The Bertz CT molecular complexity index is 599. The number of hydrogen-bond acceptors (Lipinski definition) is 4. The lowest BCUT2D eigenvalue weighted by molar-refractivity contribution is 0.00638. The number of pyridine rings is 1. The number of hydrogen-bond donors (Lipinski definition) is 0. The third-order valence-electron chi connectivity index (χ3n) is 4.85. The monoisotopic (exact) mass is 344 g/mol. The van der Waals surface area contributed by atoms with Crippen LogP contribution >= 0.6 is 11.3 Å². The summed E-state index contributed by atoms with van der Waals surface area (Å²) in [5.41, 5.74) is 1.59. The van der Waals surface area contributed by atoms with E-state index in [4.69, 9.17) is 4.74 Å². The summed E-state index contributed by atoms with van der Waals surface area (Å²) in [5.74, 6) is 0. The van der Waals surface area contributed by atoms with Gasteiger partial charge in [0.25, 0.3) is 0 Å². The quantitative estimate of drug-likeness (QED) is 0.710. The van der Waals surface area contributed by atoms with Crippen LogP contribution in [0.4, 0.5) is 0 Å². The maximum absolute atomic E-state index is 6.06. The van der Waals surface area contributed by atoms with Gasteiger partial charge in [-0.15, -0.1) is 11.3 Å². The van der Waals surface area contributed by atoms with Gasteiger partial charge in [0, 0.05) is 35.8 Å². The zero-order valence-corrected chi connectivity index (χ0v) is 15.6. The highest BCUT2D eigenvalue weighted by molar-refractivity contribution is 7.09. The minimum atomic E-state index is 0.288. The number of likely N-dealkylation sites (tertiary alicyclic amines) is 1. The van der Waals surface area contributed by atoms with Gasteiger partial charge < -0.3 is 4.74 Å². The number of aromatic nitrogens is 1. The van der Waals surface area contributed by atoms with Crippen LogP contribution in [0.1, 0.15) is 37.1 Å². The molecule has 3 nitrogen and oxygen atoms in total. The van der Waals surface area contributed by atoms with Gasteiger partial charge in [0.15, 0.2) is 0 Å². The lowest BCUT2D eigenvalue weighted by Gasteiger charge is -2.30. The van der Waals surface area contributed by atoms with Gasteiger partial charge in [0.1, 0.15) is 0 Å². The highest BCUT2D eigenvalue weighted by atomic mass is 32.1. The largest absolute Gasteiger partial charge is 0.378 e. The molecule has 0 amide bonds. The average molecular weight is 345 g/mol. The molecule has 3 rings (SSSR count). The van der Waals surface area contributed by atoms with E-state index in [9.17, 15) is 0 Å². The first-order valence-corrected chi connectivity index (χ1v) is 9.78. The van der Waals surface area contributed by atoms with Crippen LogP contribution < -0.4 is 0 Å². The Morgan fingerprint density at radius 3 is 2.96 bits per heavy atom. The van der Waals surface area contributed by atoms with Crippen molar-refractivity contribution in [2.75, 3.05) is 19.7 Å². The zero-order chi connectivity index (χ0) is 16.8. The number of rotatable bonds is 8. The molecule has 0 unspecified atom stereocenters. The fourth-order valence-corrected chi connectivity index (χ4v) is 4.20. The molecule has 0 radical (unpaired) electrons. The van der Waals surface area contributed by atoms with Crippen LogP contribution in [0.2, 0.25) is 0 Å². The first kappa shape index (κ1) is 17.6. The van der Waals surface area contributed by atoms with Crippen molar-refractivity contribution in [2.24, 2.45) is 5.41 Å². The molecule has 4 heteroatoms. The van der Waals surface area contributed by atoms with Crippen molar-refractivity contribution < 1.29 is 4.74 Å². The van der Waals surface area contributed by atoms with Crippen LogP contribution in [-0.2, 0) is 17.7 Å². The Balaban J connectivity index is 1.62. The normalized spacial score (nSPS) is 21.6. The first-order chi connectivity index (χ1) is 11.7. The molecule has 1 atom stereocenters. The predicted octanol–water partition coefficient (Wildman–Crippen LogP) is 4.39. The SMILES string of the molecule is CC(C)OC[C@@]1(CCc2cccs2)CCN(Cc2cccnc2)C1. The van der Waals surface area contributed by atoms with Gasteiger partial charge >= 0.3 is 0 Å². The van der Waals surface area contributed by atoms with Crippen molar-refractivity contribution in [1.29, 1.82) is 0 Å². The van der Waals surface area contributed by atoms with Crippen LogP contribution in [0.5, 0.6) is 0 Å². The molecule has 130 valence electrons. The van der Waals surface area contributed by atoms with E-state index in [2.05, 4.69) is 47.3 Å². The molecule has 24 heavy (non-hydrogen) atoms. The van der Waals surface area contributed by atoms with Crippen molar-refractivity contribution in [3.05, 3.63) is 52.5 Å². The summed E-state index contributed by atoms with van der Waals surface area (Å²) in [7, 11) is 0. The smallest absolute Gasteiger partial charge is 0.0538 e. The molecule has 1 saturated heterocycles. The lowest BCUT2D eigenvalue weighted by Crippen LogP contribution is -2.33. The third-order valence-corrected chi connectivity index (χ3v) is 5.79. The topological polar surface area (TPSA) is 25.4 Å². The van der Waals surface area contributed by atoms with E-state index in [1.165, 1.54) is 29.7 Å². The molecule has 0 aliphatic carbocycles. The number of nitrogens with zero attached hydrogens (tertiary/aromatic N) is 2. The summed E-state index contributed by atoms with van der Waals surface area (Å²) in [4.78, 5) is 8.30. The van der Waals surface area contributed by atoms with Gasteiger partial charge in [-0.25, -0.2) is 0 Å². The molecule has 1 aliphatic heterocycles. The highest BCUT2D eigenvalue weighted by Gasteiger charge is 2.38. The molecular formula is C20H28N2OS. The van der Waals surface area contributed by atoms with Crippen LogP contribution in [-0.4, -0.2) is 35.7 Å². The Hall–Kier alpha value is -1.23. The fourth-order valence-electron chi connectivity index (χ4n) is 3.49. The van der Waals surface area contributed by atoms with Gasteiger partial charge in [-0.1, -0.05) is 12.1 Å². The van der Waals surface area contributed by atoms with Gasteiger partial charge in [0.05, 0.1) is 12.7 Å². The van der Waals surface area contributed by atoms with Crippen LogP contribution in [0, 0.1) is 5.41 Å². The second-order valence-electron chi connectivity index (χ2n) is 7.26. The van der Waals surface area contributed by atoms with E-state index < -0.39 is 0 Å². The molecular weight excluding hydrogens is 316 g/mol. The van der Waals surface area contributed by atoms with Gasteiger partial charge in [-0.05, 0) is 62.7 Å². The number of aryl methyl sites for hydroxylation is 1. The molecule has 0 aromatic carbocycles. The lowest BCUT2D eigenvalue weighted by atomic mass is 9.83. The molecule has 0 bridgehead atoms. The molecule has 2 aromatic heterocycles. The first-order valence-electron chi connectivity index (χ1n) is 8.90. The van der Waals surface area contributed by atoms with E-state index in [0.717, 1.165) is 26.2 Å². The fraction of sp³-hybridized carbons (Fsp3) is 0.550. The average Bonchev–Trinajstić information content (AvgIpc) is 3.23. The van der Waals surface area contributed by atoms with Crippen molar-refractivity contribution in [2.45, 2.75) is 45.8 Å². The van der Waals surface area contributed by atoms with Gasteiger partial charge in [-0.2, -0.15) is 0 Å². The Kier molecular flexibility index (Phi) is 6.04. The van der Waals surface area contributed by atoms with E-state index in [-0.39, 0.29) is 5.41 Å². The summed E-state index contributed by atoms with van der Waals surface area (Å²) in [6, 6.07) is 8.60. The second kappa shape index (κ2) is 8.24. The predicted molar refractivity (Wildman–Crippen MR) is 100 cm³/mol. The van der Waals surface area contributed by atoms with E-state index in [1.54, 1.807) is 0 Å². The van der Waals surface area contributed by atoms with Crippen molar-refractivity contribution in [3.63, 3.8) is 0 Å². The molecule has 0 N–H and O–H groups in total. The summed E-state index contributed by atoms with van der Waals surface area (Å²) >= 11 is 1.87. The van der Waals surface area contributed by atoms with E-state index in [1.807, 2.05) is 29.8 Å². The van der Waals surface area contributed by atoms with E-state index >= 15 is 0 Å². The second-order valence-corrected chi connectivity index (χ2v) is 8.29. The van der Waals surface area contributed by atoms with Crippen LogP contribution in [0.15, 0.2) is 42.0 Å². The molecule has 2 aromatic rings. The summed E-state index contributed by atoms with van der Waals surface area (Å²) < 4.78 is 6.06. The van der Waals surface area contributed by atoms with Gasteiger partial charge in [0.2, 0.25) is 0 Å². The van der Waals surface area contributed by atoms with Crippen LogP contribution in [0.25, 0.3) is 0 Å². The summed E-state index contributed by atoms with van der Waals surface area (Å²) in [6.45, 7) is 8.42.